The molecule has 1 aromatic rings. The third kappa shape index (κ3) is 1.58. The maximum atomic E-state index is 4.22. The van der Waals surface area contributed by atoms with Gasteiger partial charge in [-0.05, 0) is 23.8 Å². The molecule has 0 heterocycles. The summed E-state index contributed by atoms with van der Waals surface area (Å²) in [5.74, 6) is 0. The van der Waals surface area contributed by atoms with Gasteiger partial charge in [-0.15, -0.1) is 25.3 Å². The lowest BCUT2D eigenvalue weighted by atomic mass is 10.2. The first-order chi connectivity index (χ1) is 4.74. The van der Waals surface area contributed by atoms with E-state index < -0.39 is 0 Å². The molecule has 0 saturated carbocycles. The van der Waals surface area contributed by atoms with Gasteiger partial charge in [0.1, 0.15) is 0 Å². The first kappa shape index (κ1) is 7.76. The normalized spacial score (nSPS) is 9.40. The van der Waals surface area contributed by atoms with Crippen molar-refractivity contribution in [2.24, 2.45) is 0 Å². The van der Waals surface area contributed by atoms with Crippen molar-refractivity contribution in [2.75, 3.05) is 0 Å². The minimum Gasteiger partial charge on any atom is -0.143 e. The van der Waals surface area contributed by atoms with Gasteiger partial charge < -0.3 is 0 Å². The average molecular weight is 168 g/mol. The molecule has 10 heavy (non-hydrogen) atoms. The summed E-state index contributed by atoms with van der Waals surface area (Å²) < 4.78 is 0. The smallest absolute Gasteiger partial charge is 0.0113 e. The fraction of sp³-hybridized carbons (Fsp3) is 0. The van der Waals surface area contributed by atoms with Crippen LogP contribution in [0.1, 0.15) is 5.56 Å². The molecule has 0 nitrogen and oxygen atoms in total. The van der Waals surface area contributed by atoms with E-state index in [9.17, 15) is 0 Å². The van der Waals surface area contributed by atoms with E-state index in [2.05, 4.69) is 31.8 Å². The molecule has 0 amide bonds. The highest BCUT2D eigenvalue weighted by Crippen LogP contribution is 2.18. The van der Waals surface area contributed by atoms with Crippen LogP contribution in [0.25, 0.3) is 6.08 Å². The quantitative estimate of drug-likeness (QED) is 0.592. The molecule has 0 unspecified atom stereocenters. The number of benzene rings is 1. The molecule has 0 saturated heterocycles. The zero-order valence-corrected chi connectivity index (χ0v) is 7.20. The van der Waals surface area contributed by atoms with Crippen LogP contribution < -0.4 is 0 Å². The summed E-state index contributed by atoms with van der Waals surface area (Å²) in [4.78, 5) is 1.88. The standard InChI is InChI=1S/C8H8S2/c1-2-6-5-7(9)3-4-8(6)10/h2-5,9-10H,1H2. The summed E-state index contributed by atoms with van der Waals surface area (Å²) in [6.07, 6.45) is 1.77. The number of thiol groups is 2. The molecule has 0 aliphatic carbocycles. The molecule has 0 fully saturated rings. The third-order valence-electron chi connectivity index (χ3n) is 1.23. The zero-order valence-electron chi connectivity index (χ0n) is 5.41. The second kappa shape index (κ2) is 3.17. The van der Waals surface area contributed by atoms with Gasteiger partial charge in [0, 0.05) is 9.79 Å². The van der Waals surface area contributed by atoms with Crippen LogP contribution in [0.3, 0.4) is 0 Å². The summed E-state index contributed by atoms with van der Waals surface area (Å²) in [7, 11) is 0. The van der Waals surface area contributed by atoms with Crippen molar-refractivity contribution in [3.05, 3.63) is 30.3 Å². The maximum Gasteiger partial charge on any atom is 0.0113 e. The van der Waals surface area contributed by atoms with Crippen molar-refractivity contribution in [2.45, 2.75) is 9.79 Å². The van der Waals surface area contributed by atoms with Crippen molar-refractivity contribution in [1.82, 2.24) is 0 Å². The Morgan fingerprint density at radius 3 is 2.50 bits per heavy atom. The molecular formula is C8H8S2. The molecular weight excluding hydrogens is 160 g/mol. The van der Waals surface area contributed by atoms with E-state index in [1.54, 1.807) is 6.08 Å². The summed E-state index contributed by atoms with van der Waals surface area (Å²) in [6, 6.07) is 5.74. The average Bonchev–Trinajstić information content (AvgIpc) is 1.94. The van der Waals surface area contributed by atoms with Crippen LogP contribution in [0.5, 0.6) is 0 Å². The minimum atomic E-state index is 0.938. The van der Waals surface area contributed by atoms with Gasteiger partial charge in [-0.2, -0.15) is 0 Å². The van der Waals surface area contributed by atoms with Gasteiger partial charge in [0.05, 0.1) is 0 Å². The predicted octanol–water partition coefficient (Wildman–Crippen LogP) is 2.91. The van der Waals surface area contributed by atoms with Gasteiger partial charge in [-0.3, -0.25) is 0 Å². The van der Waals surface area contributed by atoms with Gasteiger partial charge >= 0.3 is 0 Å². The second-order valence-corrected chi connectivity index (χ2v) is 2.95. The number of rotatable bonds is 1. The lowest BCUT2D eigenvalue weighted by molar-refractivity contribution is 1.34. The van der Waals surface area contributed by atoms with Gasteiger partial charge in [-0.25, -0.2) is 0 Å². The van der Waals surface area contributed by atoms with Gasteiger partial charge in [-0.1, -0.05) is 12.7 Å². The second-order valence-electron chi connectivity index (χ2n) is 1.95. The molecule has 0 N–H and O–H groups in total. The van der Waals surface area contributed by atoms with Gasteiger partial charge in [0.15, 0.2) is 0 Å². The first-order valence-electron chi connectivity index (χ1n) is 2.88. The van der Waals surface area contributed by atoms with E-state index in [0.717, 1.165) is 15.4 Å². The number of hydrogen-bond donors (Lipinski definition) is 2. The fourth-order valence-corrected chi connectivity index (χ4v) is 1.15. The summed E-state index contributed by atoms with van der Waals surface area (Å²) in [5, 5.41) is 0. The summed E-state index contributed by atoms with van der Waals surface area (Å²) in [5.41, 5.74) is 1.02. The highest BCUT2D eigenvalue weighted by molar-refractivity contribution is 7.80. The minimum absolute atomic E-state index is 0.938. The zero-order chi connectivity index (χ0) is 7.56. The van der Waals surface area contributed by atoms with E-state index in [1.165, 1.54) is 0 Å². The van der Waals surface area contributed by atoms with Crippen LogP contribution in [0, 0.1) is 0 Å². The first-order valence-corrected chi connectivity index (χ1v) is 3.78. The van der Waals surface area contributed by atoms with E-state index in [-0.39, 0.29) is 0 Å². The topological polar surface area (TPSA) is 0 Å². The predicted molar refractivity (Wildman–Crippen MR) is 51.0 cm³/mol. The van der Waals surface area contributed by atoms with Crippen LogP contribution in [0.4, 0.5) is 0 Å². The lowest BCUT2D eigenvalue weighted by Crippen LogP contribution is -1.74. The molecule has 2 heteroatoms. The van der Waals surface area contributed by atoms with Crippen LogP contribution in [0.15, 0.2) is 34.6 Å². The Kier molecular flexibility index (Phi) is 2.46. The Bertz CT molecular complexity index is 253. The molecule has 0 bridgehead atoms. The molecule has 0 radical (unpaired) electrons. The Hall–Kier alpha value is -0.340. The molecule has 0 aliphatic heterocycles. The van der Waals surface area contributed by atoms with E-state index in [4.69, 9.17) is 0 Å². The molecule has 0 atom stereocenters. The third-order valence-corrected chi connectivity index (χ3v) is 1.92. The van der Waals surface area contributed by atoms with Crippen LogP contribution in [-0.4, -0.2) is 0 Å². The SMILES string of the molecule is C=Cc1cc(S)ccc1S. The Labute approximate surface area is 71.8 Å². The van der Waals surface area contributed by atoms with Crippen molar-refractivity contribution in [3.63, 3.8) is 0 Å². The highest BCUT2D eigenvalue weighted by atomic mass is 32.1. The Morgan fingerprint density at radius 1 is 1.30 bits per heavy atom. The van der Waals surface area contributed by atoms with Crippen LogP contribution in [0.2, 0.25) is 0 Å². The molecule has 0 aromatic heterocycles. The molecule has 0 spiro atoms. The van der Waals surface area contributed by atoms with Crippen molar-refractivity contribution in [1.29, 1.82) is 0 Å². The van der Waals surface area contributed by atoms with E-state index in [0.29, 0.717) is 0 Å². The molecule has 0 aliphatic rings. The maximum absolute atomic E-state index is 4.22. The Balaban J connectivity index is 3.21. The fourth-order valence-electron chi connectivity index (χ4n) is 0.705. The van der Waals surface area contributed by atoms with Crippen molar-refractivity contribution in [3.8, 4) is 0 Å². The summed E-state index contributed by atoms with van der Waals surface area (Å²) in [6.45, 7) is 3.65. The largest absolute Gasteiger partial charge is 0.143 e. The lowest BCUT2D eigenvalue weighted by Gasteiger charge is -1.98. The van der Waals surface area contributed by atoms with Crippen molar-refractivity contribution < 1.29 is 0 Å². The van der Waals surface area contributed by atoms with E-state index in [1.807, 2.05) is 18.2 Å². The van der Waals surface area contributed by atoms with Crippen LogP contribution in [-0.2, 0) is 0 Å². The molecule has 1 aromatic carbocycles. The van der Waals surface area contributed by atoms with E-state index >= 15 is 0 Å². The van der Waals surface area contributed by atoms with Gasteiger partial charge in [0.25, 0.3) is 0 Å². The van der Waals surface area contributed by atoms with Crippen LogP contribution >= 0.6 is 25.3 Å². The summed E-state index contributed by atoms with van der Waals surface area (Å²) >= 11 is 8.39. The molecule has 1 rings (SSSR count). The Morgan fingerprint density at radius 2 is 2.00 bits per heavy atom. The molecule has 52 valence electrons. The number of hydrogen-bond acceptors (Lipinski definition) is 2. The van der Waals surface area contributed by atoms with Crippen molar-refractivity contribution >= 4 is 31.3 Å². The highest BCUT2D eigenvalue weighted by Gasteiger charge is 1.92. The monoisotopic (exact) mass is 168 g/mol. The van der Waals surface area contributed by atoms with Gasteiger partial charge in [0.2, 0.25) is 0 Å².